The molecule has 2 heterocycles. The smallest absolute Gasteiger partial charge is 0.123 e. The van der Waals surface area contributed by atoms with Crippen LogP contribution in [0.15, 0.2) is 53.9 Å². The lowest BCUT2D eigenvalue weighted by atomic mass is 10.1. The van der Waals surface area contributed by atoms with Crippen molar-refractivity contribution in [2.75, 3.05) is 24.5 Å². The third-order valence-corrected chi connectivity index (χ3v) is 6.25. The van der Waals surface area contributed by atoms with E-state index in [1.807, 2.05) is 0 Å². The van der Waals surface area contributed by atoms with Gasteiger partial charge in [0.15, 0.2) is 0 Å². The molecular formula is C23H27N3S. The Morgan fingerprint density at radius 1 is 0.963 bits per heavy atom. The molecule has 0 amide bonds. The maximum atomic E-state index is 4.88. The van der Waals surface area contributed by atoms with Crippen LogP contribution in [0.4, 0.5) is 5.69 Å². The fourth-order valence-electron chi connectivity index (χ4n) is 3.73. The maximum absolute atomic E-state index is 4.88. The van der Waals surface area contributed by atoms with E-state index in [-0.39, 0.29) is 0 Å². The normalized spacial score (nSPS) is 18.0. The summed E-state index contributed by atoms with van der Waals surface area (Å²) in [6, 6.07) is 18.1. The molecule has 4 heteroatoms. The number of thiazole rings is 1. The SMILES string of the molecule is Cc1ccc(-c2nc(CN3CCN(c4ccc(C)cc4)C(C)C3)cs2)cc1. The monoisotopic (exact) mass is 377 g/mol. The first-order valence-electron chi connectivity index (χ1n) is 9.65. The second-order valence-corrected chi connectivity index (χ2v) is 8.48. The summed E-state index contributed by atoms with van der Waals surface area (Å²) in [4.78, 5) is 9.93. The van der Waals surface area contributed by atoms with Crippen LogP contribution in [0.25, 0.3) is 10.6 Å². The average Bonchev–Trinajstić information content (AvgIpc) is 3.12. The van der Waals surface area contributed by atoms with Crippen molar-refractivity contribution in [3.05, 3.63) is 70.7 Å². The van der Waals surface area contributed by atoms with E-state index >= 15 is 0 Å². The van der Waals surface area contributed by atoms with E-state index in [0.717, 1.165) is 31.2 Å². The Morgan fingerprint density at radius 2 is 1.63 bits per heavy atom. The summed E-state index contributed by atoms with van der Waals surface area (Å²) in [5.41, 5.74) is 6.35. The van der Waals surface area contributed by atoms with Crippen molar-refractivity contribution in [3.8, 4) is 10.6 Å². The lowest BCUT2D eigenvalue weighted by Crippen LogP contribution is -2.51. The number of anilines is 1. The topological polar surface area (TPSA) is 19.4 Å². The highest BCUT2D eigenvalue weighted by atomic mass is 32.1. The van der Waals surface area contributed by atoms with Crippen LogP contribution in [0.2, 0.25) is 0 Å². The molecule has 0 saturated carbocycles. The first-order valence-corrected chi connectivity index (χ1v) is 10.5. The molecule has 0 aliphatic carbocycles. The van der Waals surface area contributed by atoms with E-state index in [4.69, 9.17) is 4.98 Å². The number of rotatable bonds is 4. The van der Waals surface area contributed by atoms with Crippen molar-refractivity contribution in [3.63, 3.8) is 0 Å². The molecule has 0 N–H and O–H groups in total. The number of hydrogen-bond donors (Lipinski definition) is 0. The Labute approximate surface area is 166 Å². The molecule has 1 aromatic heterocycles. The number of aryl methyl sites for hydroxylation is 2. The van der Waals surface area contributed by atoms with Crippen molar-refractivity contribution in [1.82, 2.24) is 9.88 Å². The van der Waals surface area contributed by atoms with Crippen molar-refractivity contribution in [1.29, 1.82) is 0 Å². The van der Waals surface area contributed by atoms with Crippen LogP contribution in [0, 0.1) is 13.8 Å². The highest BCUT2D eigenvalue weighted by molar-refractivity contribution is 7.13. The lowest BCUT2D eigenvalue weighted by Gasteiger charge is -2.41. The molecule has 1 fully saturated rings. The van der Waals surface area contributed by atoms with Gasteiger partial charge in [-0.05, 0) is 32.9 Å². The minimum atomic E-state index is 0.511. The summed E-state index contributed by atoms with van der Waals surface area (Å²) in [5, 5.41) is 3.34. The molecule has 1 aliphatic heterocycles. The number of nitrogens with zero attached hydrogens (tertiary/aromatic N) is 3. The van der Waals surface area contributed by atoms with E-state index < -0.39 is 0 Å². The molecule has 1 atom stereocenters. The summed E-state index contributed by atoms with van der Waals surface area (Å²) in [6.45, 7) is 10.7. The number of benzene rings is 2. The highest BCUT2D eigenvalue weighted by Crippen LogP contribution is 2.26. The Balaban J connectivity index is 1.39. The van der Waals surface area contributed by atoms with Crippen molar-refractivity contribution < 1.29 is 0 Å². The third-order valence-electron chi connectivity index (χ3n) is 5.31. The quantitative estimate of drug-likeness (QED) is 0.628. The van der Waals surface area contributed by atoms with Crippen LogP contribution in [-0.2, 0) is 6.54 Å². The summed E-state index contributed by atoms with van der Waals surface area (Å²) >= 11 is 1.75. The van der Waals surface area contributed by atoms with E-state index in [1.165, 1.54) is 28.1 Å². The lowest BCUT2D eigenvalue weighted by molar-refractivity contribution is 0.219. The fraction of sp³-hybridized carbons (Fsp3) is 0.348. The van der Waals surface area contributed by atoms with Crippen molar-refractivity contribution >= 4 is 17.0 Å². The Morgan fingerprint density at radius 3 is 2.30 bits per heavy atom. The Bertz CT molecular complexity index is 883. The summed E-state index contributed by atoms with van der Waals surface area (Å²) < 4.78 is 0. The molecular weight excluding hydrogens is 350 g/mol. The molecule has 1 aliphatic rings. The van der Waals surface area contributed by atoms with Gasteiger partial charge in [0.2, 0.25) is 0 Å². The third kappa shape index (κ3) is 4.23. The van der Waals surface area contributed by atoms with Gasteiger partial charge in [0.05, 0.1) is 5.69 Å². The zero-order chi connectivity index (χ0) is 18.8. The molecule has 3 aromatic rings. The number of aromatic nitrogens is 1. The van der Waals surface area contributed by atoms with E-state index in [2.05, 4.69) is 84.5 Å². The minimum absolute atomic E-state index is 0.511. The summed E-state index contributed by atoms with van der Waals surface area (Å²) in [6.07, 6.45) is 0. The minimum Gasteiger partial charge on any atom is -0.366 e. The van der Waals surface area contributed by atoms with E-state index in [9.17, 15) is 0 Å². The predicted molar refractivity (Wildman–Crippen MR) is 116 cm³/mol. The second kappa shape index (κ2) is 7.83. The van der Waals surface area contributed by atoms with Crippen LogP contribution >= 0.6 is 11.3 Å². The van der Waals surface area contributed by atoms with Gasteiger partial charge in [-0.25, -0.2) is 4.98 Å². The van der Waals surface area contributed by atoms with Crippen LogP contribution in [0.5, 0.6) is 0 Å². The van der Waals surface area contributed by atoms with Crippen LogP contribution in [0.3, 0.4) is 0 Å². The van der Waals surface area contributed by atoms with Gasteiger partial charge in [-0.2, -0.15) is 0 Å². The van der Waals surface area contributed by atoms with Gasteiger partial charge >= 0.3 is 0 Å². The van der Waals surface area contributed by atoms with Gasteiger partial charge in [0.25, 0.3) is 0 Å². The van der Waals surface area contributed by atoms with E-state index in [1.54, 1.807) is 11.3 Å². The fourth-order valence-corrected chi connectivity index (χ4v) is 4.55. The highest BCUT2D eigenvalue weighted by Gasteiger charge is 2.24. The summed E-state index contributed by atoms with van der Waals surface area (Å²) in [7, 11) is 0. The molecule has 27 heavy (non-hydrogen) atoms. The zero-order valence-electron chi connectivity index (χ0n) is 16.4. The molecule has 1 unspecified atom stereocenters. The second-order valence-electron chi connectivity index (χ2n) is 7.62. The van der Waals surface area contributed by atoms with Crippen LogP contribution in [-0.4, -0.2) is 35.6 Å². The van der Waals surface area contributed by atoms with Crippen molar-refractivity contribution in [2.45, 2.75) is 33.4 Å². The molecule has 0 radical (unpaired) electrons. The Hall–Kier alpha value is -2.17. The standard InChI is InChI=1S/C23H27N3S/c1-17-4-8-20(9-5-17)23-24-21(16-27-23)15-25-12-13-26(19(3)14-25)22-10-6-18(2)7-11-22/h4-11,16,19H,12-15H2,1-3H3. The Kier molecular flexibility index (Phi) is 5.28. The maximum Gasteiger partial charge on any atom is 0.123 e. The first kappa shape index (κ1) is 18.2. The van der Waals surface area contributed by atoms with Crippen LogP contribution < -0.4 is 4.90 Å². The summed E-state index contributed by atoms with van der Waals surface area (Å²) in [5.74, 6) is 0. The molecule has 1 saturated heterocycles. The largest absolute Gasteiger partial charge is 0.366 e. The molecule has 0 spiro atoms. The van der Waals surface area contributed by atoms with Gasteiger partial charge in [-0.15, -0.1) is 11.3 Å². The molecule has 0 bridgehead atoms. The van der Waals surface area contributed by atoms with Gasteiger partial charge in [-0.1, -0.05) is 47.5 Å². The van der Waals surface area contributed by atoms with E-state index in [0.29, 0.717) is 6.04 Å². The van der Waals surface area contributed by atoms with Crippen molar-refractivity contribution in [2.24, 2.45) is 0 Å². The van der Waals surface area contributed by atoms with Crippen LogP contribution in [0.1, 0.15) is 23.7 Å². The molecule has 3 nitrogen and oxygen atoms in total. The molecule has 140 valence electrons. The number of hydrogen-bond acceptors (Lipinski definition) is 4. The number of piperazine rings is 1. The zero-order valence-corrected chi connectivity index (χ0v) is 17.2. The molecule has 4 rings (SSSR count). The predicted octanol–water partition coefficient (Wildman–Crippen LogP) is 5.14. The van der Waals surface area contributed by atoms with Gasteiger partial charge in [0, 0.05) is 48.9 Å². The van der Waals surface area contributed by atoms with Gasteiger partial charge in [-0.3, -0.25) is 4.90 Å². The first-order chi connectivity index (χ1) is 13.1. The average molecular weight is 378 g/mol. The van der Waals surface area contributed by atoms with Gasteiger partial charge in [0.1, 0.15) is 5.01 Å². The van der Waals surface area contributed by atoms with Gasteiger partial charge < -0.3 is 4.90 Å². The molecule has 2 aromatic carbocycles.